The second kappa shape index (κ2) is 15.0. The van der Waals surface area contributed by atoms with Crippen molar-refractivity contribution >= 4 is 23.7 Å². The number of ether oxygens (including phenoxy) is 1. The number of alkyl carbamates (subject to hydrolysis) is 1. The molecule has 9 heteroatoms. The van der Waals surface area contributed by atoms with Crippen molar-refractivity contribution in [3.05, 3.63) is 108 Å². The SMILES string of the molecule is CC(C)[C@H](NC(=O)OCc1ccccc1)C(=O)N[C@@H](Cc1ccccc1)C(=O)C(=O)NOCc1ccccc1. The molecule has 0 saturated heterocycles. The molecule has 204 valence electrons. The summed E-state index contributed by atoms with van der Waals surface area (Å²) in [5.74, 6) is -2.82. The molecule has 0 bridgehead atoms. The van der Waals surface area contributed by atoms with Gasteiger partial charge in [0.25, 0.3) is 0 Å². The lowest BCUT2D eigenvalue weighted by Crippen LogP contribution is -2.56. The predicted octanol–water partition coefficient (Wildman–Crippen LogP) is 3.48. The topological polar surface area (TPSA) is 123 Å². The third-order valence-electron chi connectivity index (χ3n) is 5.82. The highest BCUT2D eigenvalue weighted by Crippen LogP contribution is 2.09. The Bertz CT molecular complexity index is 1220. The van der Waals surface area contributed by atoms with Gasteiger partial charge in [-0.3, -0.25) is 19.2 Å². The van der Waals surface area contributed by atoms with Crippen molar-refractivity contribution in [2.75, 3.05) is 0 Å². The quantitative estimate of drug-likeness (QED) is 0.229. The molecule has 0 unspecified atom stereocenters. The number of hydrogen-bond acceptors (Lipinski definition) is 6. The minimum atomic E-state index is -1.19. The van der Waals surface area contributed by atoms with E-state index in [4.69, 9.17) is 9.57 Å². The van der Waals surface area contributed by atoms with Crippen molar-refractivity contribution < 1.29 is 28.8 Å². The Morgan fingerprint density at radius 2 is 1.21 bits per heavy atom. The molecule has 3 aromatic rings. The zero-order chi connectivity index (χ0) is 28.0. The first kappa shape index (κ1) is 29.1. The van der Waals surface area contributed by atoms with E-state index < -0.39 is 35.8 Å². The number of nitrogens with one attached hydrogen (secondary N) is 3. The average Bonchev–Trinajstić information content (AvgIpc) is 2.95. The van der Waals surface area contributed by atoms with Crippen LogP contribution in [0.15, 0.2) is 91.0 Å². The van der Waals surface area contributed by atoms with Crippen molar-refractivity contribution in [2.45, 2.75) is 45.6 Å². The number of carbonyl (C=O) groups is 4. The lowest BCUT2D eigenvalue weighted by atomic mass is 9.99. The molecule has 0 aliphatic heterocycles. The number of Topliss-reactive ketones (excluding diaryl/α,β-unsaturated/α-hetero) is 1. The van der Waals surface area contributed by atoms with Crippen molar-refractivity contribution in [2.24, 2.45) is 5.92 Å². The van der Waals surface area contributed by atoms with Crippen LogP contribution in [0.2, 0.25) is 0 Å². The first-order valence-corrected chi connectivity index (χ1v) is 12.6. The van der Waals surface area contributed by atoms with Crippen LogP contribution in [0.4, 0.5) is 4.79 Å². The van der Waals surface area contributed by atoms with Crippen LogP contribution in [0.1, 0.15) is 30.5 Å². The number of hydroxylamine groups is 1. The zero-order valence-corrected chi connectivity index (χ0v) is 22.0. The Morgan fingerprint density at radius 1 is 0.692 bits per heavy atom. The van der Waals surface area contributed by atoms with Gasteiger partial charge in [-0.2, -0.15) is 0 Å². The van der Waals surface area contributed by atoms with Crippen molar-refractivity contribution in [3.63, 3.8) is 0 Å². The van der Waals surface area contributed by atoms with Gasteiger partial charge in [0.15, 0.2) is 0 Å². The summed E-state index contributed by atoms with van der Waals surface area (Å²) >= 11 is 0. The van der Waals surface area contributed by atoms with Crippen LogP contribution in [0.3, 0.4) is 0 Å². The molecule has 9 nitrogen and oxygen atoms in total. The summed E-state index contributed by atoms with van der Waals surface area (Å²) in [6.45, 7) is 3.61. The predicted molar refractivity (Wildman–Crippen MR) is 145 cm³/mol. The first-order chi connectivity index (χ1) is 18.8. The lowest BCUT2D eigenvalue weighted by Gasteiger charge is -2.24. The van der Waals surface area contributed by atoms with Crippen molar-refractivity contribution in [1.82, 2.24) is 16.1 Å². The summed E-state index contributed by atoms with van der Waals surface area (Å²) in [5.41, 5.74) is 4.51. The van der Waals surface area contributed by atoms with Gasteiger partial charge in [-0.25, -0.2) is 10.3 Å². The van der Waals surface area contributed by atoms with Gasteiger partial charge < -0.3 is 15.4 Å². The van der Waals surface area contributed by atoms with Crippen LogP contribution in [-0.2, 0) is 43.6 Å². The van der Waals surface area contributed by atoms with E-state index in [-0.39, 0.29) is 25.6 Å². The van der Waals surface area contributed by atoms with E-state index in [1.54, 1.807) is 38.1 Å². The molecule has 0 saturated carbocycles. The first-order valence-electron chi connectivity index (χ1n) is 12.6. The Morgan fingerprint density at radius 3 is 1.74 bits per heavy atom. The molecule has 0 spiro atoms. The van der Waals surface area contributed by atoms with E-state index in [1.165, 1.54) is 0 Å². The maximum atomic E-state index is 13.2. The largest absolute Gasteiger partial charge is 0.445 e. The lowest BCUT2D eigenvalue weighted by molar-refractivity contribution is -0.148. The van der Waals surface area contributed by atoms with E-state index in [9.17, 15) is 19.2 Å². The van der Waals surface area contributed by atoms with Crippen LogP contribution in [0.25, 0.3) is 0 Å². The van der Waals surface area contributed by atoms with E-state index in [0.717, 1.165) is 16.7 Å². The molecule has 0 aliphatic carbocycles. The summed E-state index contributed by atoms with van der Waals surface area (Å²) in [6.07, 6.45) is -0.702. The number of benzene rings is 3. The summed E-state index contributed by atoms with van der Waals surface area (Å²) in [6, 6.07) is 25.1. The number of carbonyl (C=O) groups excluding carboxylic acids is 4. The number of amides is 3. The molecule has 0 radical (unpaired) electrons. The van der Waals surface area contributed by atoms with E-state index in [2.05, 4.69) is 16.1 Å². The summed E-state index contributed by atoms with van der Waals surface area (Å²) < 4.78 is 5.25. The normalized spacial score (nSPS) is 12.2. The Hall–Kier alpha value is -4.50. The molecule has 0 fully saturated rings. The molecule has 0 aromatic heterocycles. The van der Waals surface area contributed by atoms with Gasteiger partial charge in [-0.05, 0) is 22.6 Å². The third kappa shape index (κ3) is 9.71. The summed E-state index contributed by atoms with van der Waals surface area (Å²) in [5, 5.41) is 5.21. The highest BCUT2D eigenvalue weighted by molar-refractivity contribution is 6.38. The number of rotatable bonds is 13. The fourth-order valence-corrected chi connectivity index (χ4v) is 3.72. The second-order valence-corrected chi connectivity index (χ2v) is 9.25. The molecule has 3 rings (SSSR count). The minimum absolute atomic E-state index is 0.0391. The molecule has 3 aromatic carbocycles. The number of ketones is 1. The van der Waals surface area contributed by atoms with Gasteiger partial charge in [-0.15, -0.1) is 0 Å². The fourth-order valence-electron chi connectivity index (χ4n) is 3.72. The minimum Gasteiger partial charge on any atom is -0.445 e. The highest BCUT2D eigenvalue weighted by atomic mass is 16.7. The molecular formula is C30H33N3O6. The van der Waals surface area contributed by atoms with Crippen LogP contribution in [0, 0.1) is 5.92 Å². The molecule has 39 heavy (non-hydrogen) atoms. The highest BCUT2D eigenvalue weighted by Gasteiger charge is 2.32. The molecule has 3 amide bonds. The fraction of sp³-hybridized carbons (Fsp3) is 0.267. The molecule has 3 N–H and O–H groups in total. The van der Waals surface area contributed by atoms with Gasteiger partial charge in [0, 0.05) is 6.42 Å². The molecule has 2 atom stereocenters. The third-order valence-corrected chi connectivity index (χ3v) is 5.82. The molecule has 0 aliphatic rings. The van der Waals surface area contributed by atoms with Crippen molar-refractivity contribution in [1.29, 1.82) is 0 Å². The summed E-state index contributed by atoms with van der Waals surface area (Å²) in [4.78, 5) is 56.6. The standard InChI is InChI=1S/C30H33N3O6/c1-21(2)26(32-30(37)38-19-23-14-8-4-9-15-23)28(35)31-25(18-22-12-6-3-7-13-22)27(34)29(36)33-39-20-24-16-10-5-11-17-24/h3-17,21,25-26H,18-20H2,1-2H3,(H,31,35)(H,32,37)(H,33,36)/t25-,26-/m0/s1. The maximum absolute atomic E-state index is 13.2. The Labute approximate surface area is 227 Å². The van der Waals surface area contributed by atoms with Crippen LogP contribution in [-0.4, -0.2) is 35.8 Å². The van der Waals surface area contributed by atoms with Gasteiger partial charge in [0.2, 0.25) is 11.7 Å². The molecule has 0 heterocycles. The van der Waals surface area contributed by atoms with Crippen molar-refractivity contribution in [3.8, 4) is 0 Å². The summed E-state index contributed by atoms with van der Waals surface area (Å²) in [7, 11) is 0. The Balaban J connectivity index is 1.64. The van der Waals surface area contributed by atoms with Gasteiger partial charge >= 0.3 is 12.0 Å². The van der Waals surface area contributed by atoms with E-state index in [1.807, 2.05) is 66.7 Å². The smallest absolute Gasteiger partial charge is 0.408 e. The number of hydrogen-bond donors (Lipinski definition) is 3. The van der Waals surface area contributed by atoms with E-state index in [0.29, 0.717) is 0 Å². The maximum Gasteiger partial charge on any atom is 0.408 e. The van der Waals surface area contributed by atoms with E-state index >= 15 is 0 Å². The zero-order valence-electron chi connectivity index (χ0n) is 22.0. The van der Waals surface area contributed by atoms with Crippen LogP contribution < -0.4 is 16.1 Å². The molecular weight excluding hydrogens is 498 g/mol. The Kier molecular flexibility index (Phi) is 11.2. The van der Waals surface area contributed by atoms with Crippen LogP contribution in [0.5, 0.6) is 0 Å². The van der Waals surface area contributed by atoms with Crippen LogP contribution >= 0.6 is 0 Å². The monoisotopic (exact) mass is 531 g/mol. The van der Waals surface area contributed by atoms with Gasteiger partial charge in [0.05, 0.1) is 6.61 Å². The van der Waals surface area contributed by atoms with Gasteiger partial charge in [-0.1, -0.05) is 105 Å². The van der Waals surface area contributed by atoms with Gasteiger partial charge in [0.1, 0.15) is 18.7 Å². The average molecular weight is 532 g/mol. The second-order valence-electron chi connectivity index (χ2n) is 9.25.